The molecule has 0 heterocycles. The van der Waals surface area contributed by atoms with Crippen molar-refractivity contribution in [1.82, 2.24) is 4.90 Å². The molecule has 0 atom stereocenters. The molecule has 0 fully saturated rings. The van der Waals surface area contributed by atoms with E-state index < -0.39 is 0 Å². The summed E-state index contributed by atoms with van der Waals surface area (Å²) < 4.78 is 17.6. The molecule has 0 amide bonds. The lowest BCUT2D eigenvalue weighted by Crippen LogP contribution is -2.16. The zero-order chi connectivity index (χ0) is 40.5. The fraction of sp³-hybridized carbons (Fsp3) is 0.959. The standard InChI is InChI=1S/C49H97NO5/c1-7-11-31-45(32-12-8-2)39-43-54-48(51)37-27-23-19-15-17-21-25-35-47(53-42-30-29-41-50(5)6)36-26-22-18-16-20-24-28-38-49(52)55-44-40-46(33-13-9-3)34-14-10-4/h45-47H,7-44H2,1-6H3. The van der Waals surface area contributed by atoms with Crippen molar-refractivity contribution < 1.29 is 23.8 Å². The summed E-state index contributed by atoms with van der Waals surface area (Å²) in [5.41, 5.74) is 0. The van der Waals surface area contributed by atoms with Gasteiger partial charge in [0.05, 0.1) is 19.3 Å². The van der Waals surface area contributed by atoms with Crippen LogP contribution >= 0.6 is 0 Å². The summed E-state index contributed by atoms with van der Waals surface area (Å²) in [5, 5.41) is 0. The molecule has 328 valence electrons. The summed E-state index contributed by atoms with van der Waals surface area (Å²) in [7, 11) is 4.29. The van der Waals surface area contributed by atoms with Gasteiger partial charge in [0.15, 0.2) is 0 Å². The van der Waals surface area contributed by atoms with Crippen molar-refractivity contribution in [2.45, 2.75) is 252 Å². The molecule has 0 aromatic heterocycles. The lowest BCUT2D eigenvalue weighted by molar-refractivity contribution is -0.145. The molecule has 0 unspecified atom stereocenters. The molecule has 0 aromatic carbocycles. The highest BCUT2D eigenvalue weighted by atomic mass is 16.5. The summed E-state index contributed by atoms with van der Waals surface area (Å²) in [4.78, 5) is 26.8. The first-order valence-electron chi connectivity index (χ1n) is 24.4. The monoisotopic (exact) mass is 780 g/mol. The predicted octanol–water partition coefficient (Wildman–Crippen LogP) is 14.6. The van der Waals surface area contributed by atoms with Gasteiger partial charge in [-0.2, -0.15) is 0 Å². The van der Waals surface area contributed by atoms with Crippen molar-refractivity contribution >= 4 is 11.9 Å². The minimum absolute atomic E-state index is 0.00525. The Hall–Kier alpha value is -1.14. The van der Waals surface area contributed by atoms with Crippen LogP contribution in [0.5, 0.6) is 0 Å². The molecule has 0 aliphatic heterocycles. The van der Waals surface area contributed by atoms with Crippen LogP contribution in [0, 0.1) is 11.8 Å². The van der Waals surface area contributed by atoms with Gasteiger partial charge in [-0.05, 0) is 83.8 Å². The van der Waals surface area contributed by atoms with Crippen LogP contribution in [0.1, 0.15) is 246 Å². The second kappa shape index (κ2) is 42.5. The molecule has 0 bridgehead atoms. The van der Waals surface area contributed by atoms with Crippen LogP contribution < -0.4 is 0 Å². The third-order valence-corrected chi connectivity index (χ3v) is 11.6. The molecule has 6 heteroatoms. The molecule has 0 rings (SSSR count). The van der Waals surface area contributed by atoms with Crippen molar-refractivity contribution in [2.75, 3.05) is 40.5 Å². The van der Waals surface area contributed by atoms with Crippen LogP contribution in [0.4, 0.5) is 0 Å². The van der Waals surface area contributed by atoms with Crippen LogP contribution in [-0.4, -0.2) is 63.4 Å². The molecule has 6 nitrogen and oxygen atoms in total. The van der Waals surface area contributed by atoms with E-state index in [4.69, 9.17) is 14.2 Å². The Morgan fingerprint density at radius 2 is 0.764 bits per heavy atom. The van der Waals surface area contributed by atoms with E-state index in [-0.39, 0.29) is 11.9 Å². The lowest BCUT2D eigenvalue weighted by Gasteiger charge is -2.18. The van der Waals surface area contributed by atoms with Gasteiger partial charge in [-0.15, -0.1) is 0 Å². The molecular formula is C49H97NO5. The van der Waals surface area contributed by atoms with Crippen molar-refractivity contribution in [3.8, 4) is 0 Å². The highest BCUT2D eigenvalue weighted by Gasteiger charge is 2.13. The molecule has 0 spiro atoms. The smallest absolute Gasteiger partial charge is 0.305 e. The van der Waals surface area contributed by atoms with E-state index in [1.165, 1.54) is 161 Å². The highest BCUT2D eigenvalue weighted by molar-refractivity contribution is 5.69. The third-order valence-electron chi connectivity index (χ3n) is 11.6. The highest BCUT2D eigenvalue weighted by Crippen LogP contribution is 2.22. The van der Waals surface area contributed by atoms with E-state index in [0.717, 1.165) is 69.9 Å². The Bertz CT molecular complexity index is 732. The SMILES string of the molecule is CCCCC(CCCC)CCOC(=O)CCCCCCCCCC(CCCCCCCCCC(=O)OCCC(CCCC)CCCC)OCCCCN(C)C. The maximum Gasteiger partial charge on any atom is 0.305 e. The van der Waals surface area contributed by atoms with Gasteiger partial charge >= 0.3 is 11.9 Å². The number of unbranched alkanes of at least 4 members (excludes halogenated alkanes) is 17. The number of ether oxygens (including phenoxy) is 3. The van der Waals surface area contributed by atoms with Crippen molar-refractivity contribution in [2.24, 2.45) is 11.8 Å². The first-order chi connectivity index (χ1) is 26.9. The van der Waals surface area contributed by atoms with Gasteiger partial charge in [0.1, 0.15) is 0 Å². The molecule has 0 N–H and O–H groups in total. The second-order valence-electron chi connectivity index (χ2n) is 17.3. The molecule has 0 aromatic rings. The Labute approximate surface area is 344 Å². The quantitative estimate of drug-likeness (QED) is 0.0453. The maximum atomic E-state index is 12.2. The molecule has 0 radical (unpaired) electrons. The Kier molecular flexibility index (Phi) is 41.6. The van der Waals surface area contributed by atoms with E-state index in [9.17, 15) is 9.59 Å². The molecule has 55 heavy (non-hydrogen) atoms. The molecule has 0 saturated heterocycles. The van der Waals surface area contributed by atoms with Crippen LogP contribution in [0.3, 0.4) is 0 Å². The molecule has 0 aliphatic rings. The number of esters is 2. The summed E-state index contributed by atoms with van der Waals surface area (Å²) in [5.74, 6) is 1.45. The van der Waals surface area contributed by atoms with Crippen molar-refractivity contribution in [3.05, 3.63) is 0 Å². The summed E-state index contributed by atoms with van der Waals surface area (Å²) >= 11 is 0. The number of hydrogen-bond donors (Lipinski definition) is 0. The lowest BCUT2D eigenvalue weighted by atomic mass is 9.93. The number of hydrogen-bond acceptors (Lipinski definition) is 6. The van der Waals surface area contributed by atoms with E-state index in [1.54, 1.807) is 0 Å². The first kappa shape index (κ1) is 53.9. The average molecular weight is 780 g/mol. The fourth-order valence-corrected chi connectivity index (χ4v) is 7.80. The van der Waals surface area contributed by atoms with E-state index in [2.05, 4.69) is 46.7 Å². The van der Waals surface area contributed by atoms with Gasteiger partial charge < -0.3 is 19.1 Å². The van der Waals surface area contributed by atoms with Crippen molar-refractivity contribution in [1.29, 1.82) is 0 Å². The van der Waals surface area contributed by atoms with E-state index >= 15 is 0 Å². The van der Waals surface area contributed by atoms with Gasteiger partial charge in [0.2, 0.25) is 0 Å². The summed E-state index contributed by atoms with van der Waals surface area (Å²) in [6.07, 6.45) is 40.4. The maximum absolute atomic E-state index is 12.2. The summed E-state index contributed by atoms with van der Waals surface area (Å²) in [6, 6.07) is 0. The van der Waals surface area contributed by atoms with Crippen LogP contribution in [-0.2, 0) is 23.8 Å². The Morgan fingerprint density at radius 3 is 1.13 bits per heavy atom. The normalized spacial score (nSPS) is 11.8. The fourth-order valence-electron chi connectivity index (χ4n) is 7.80. The number of carbonyl (C=O) groups excluding carboxylic acids is 2. The van der Waals surface area contributed by atoms with E-state index in [1.807, 2.05) is 0 Å². The summed E-state index contributed by atoms with van der Waals surface area (Å²) in [6.45, 7) is 12.3. The minimum atomic E-state index is 0.00525. The van der Waals surface area contributed by atoms with Gasteiger partial charge in [0, 0.05) is 19.4 Å². The van der Waals surface area contributed by atoms with Gasteiger partial charge in [-0.3, -0.25) is 9.59 Å². The Balaban J connectivity index is 4.06. The Morgan fingerprint density at radius 1 is 0.400 bits per heavy atom. The van der Waals surface area contributed by atoms with Crippen LogP contribution in [0.2, 0.25) is 0 Å². The largest absolute Gasteiger partial charge is 0.466 e. The van der Waals surface area contributed by atoms with Crippen LogP contribution in [0.15, 0.2) is 0 Å². The van der Waals surface area contributed by atoms with Gasteiger partial charge in [-0.1, -0.05) is 182 Å². The first-order valence-corrected chi connectivity index (χ1v) is 24.4. The molecule has 0 saturated carbocycles. The van der Waals surface area contributed by atoms with Crippen molar-refractivity contribution in [3.63, 3.8) is 0 Å². The average Bonchev–Trinajstić information content (AvgIpc) is 3.17. The van der Waals surface area contributed by atoms with Gasteiger partial charge in [-0.25, -0.2) is 0 Å². The third kappa shape index (κ3) is 39.5. The number of nitrogens with zero attached hydrogens (tertiary/aromatic N) is 1. The second-order valence-corrected chi connectivity index (χ2v) is 17.3. The van der Waals surface area contributed by atoms with Gasteiger partial charge in [0.25, 0.3) is 0 Å². The zero-order valence-electron chi connectivity index (χ0n) is 38.1. The molecular weight excluding hydrogens is 683 g/mol. The zero-order valence-corrected chi connectivity index (χ0v) is 38.1. The topological polar surface area (TPSA) is 65.1 Å². The number of rotatable bonds is 44. The molecule has 0 aliphatic carbocycles. The van der Waals surface area contributed by atoms with Crippen LogP contribution in [0.25, 0.3) is 0 Å². The number of carbonyl (C=O) groups is 2. The minimum Gasteiger partial charge on any atom is -0.466 e. The predicted molar refractivity (Wildman–Crippen MR) is 237 cm³/mol. The van der Waals surface area contributed by atoms with E-state index in [0.29, 0.717) is 32.2 Å².